The highest BCUT2D eigenvalue weighted by atomic mass is 16.5. The summed E-state index contributed by atoms with van der Waals surface area (Å²) < 4.78 is 10.8. The zero-order valence-corrected chi connectivity index (χ0v) is 16.7. The molecule has 0 spiro atoms. The van der Waals surface area contributed by atoms with Gasteiger partial charge in [-0.2, -0.15) is 0 Å². The summed E-state index contributed by atoms with van der Waals surface area (Å²) >= 11 is 0. The Hall–Kier alpha value is -3.54. The monoisotopic (exact) mass is 391 g/mol. The topological polar surface area (TPSA) is 63.7 Å². The second-order valence-corrected chi connectivity index (χ2v) is 6.56. The third-order valence-corrected chi connectivity index (χ3v) is 4.50. The predicted molar refractivity (Wildman–Crippen MR) is 115 cm³/mol. The maximum absolute atomic E-state index is 12.2. The molecule has 0 aliphatic heterocycles. The molecule has 3 rings (SSSR count). The molecule has 1 aromatic heterocycles. The minimum atomic E-state index is -0.227. The molecule has 3 aromatic rings. The number of rotatable bonds is 9. The minimum Gasteiger partial charge on any atom is -0.493 e. The fourth-order valence-corrected chi connectivity index (χ4v) is 2.85. The van der Waals surface area contributed by atoms with E-state index in [0.717, 1.165) is 24.3 Å². The number of aromatic nitrogens is 1. The molecular weight excluding hydrogens is 366 g/mol. The highest BCUT2D eigenvalue weighted by Crippen LogP contribution is 2.25. The van der Waals surface area contributed by atoms with Gasteiger partial charge < -0.3 is 19.7 Å². The first-order chi connectivity index (χ1) is 14.2. The summed E-state index contributed by atoms with van der Waals surface area (Å²) in [4.78, 5) is 18.4. The number of carbonyl (C=O) groups is 1. The lowest BCUT2D eigenvalue weighted by molar-refractivity contribution is -0.118. The molecule has 1 N–H and O–H groups in total. The van der Waals surface area contributed by atoms with Gasteiger partial charge in [0.2, 0.25) is 0 Å². The van der Waals surface area contributed by atoms with E-state index in [1.54, 1.807) is 19.2 Å². The van der Waals surface area contributed by atoms with Crippen molar-refractivity contribution in [1.29, 1.82) is 0 Å². The first-order valence-electron chi connectivity index (χ1n) is 9.41. The number of anilines is 2. The van der Waals surface area contributed by atoms with Crippen LogP contribution in [0.15, 0.2) is 73.1 Å². The van der Waals surface area contributed by atoms with Crippen LogP contribution >= 0.6 is 0 Å². The molecule has 0 unspecified atom stereocenters. The van der Waals surface area contributed by atoms with Crippen LogP contribution in [0.5, 0.6) is 11.5 Å². The molecule has 6 nitrogen and oxygen atoms in total. The first-order valence-corrected chi connectivity index (χ1v) is 9.41. The fourth-order valence-electron chi connectivity index (χ4n) is 2.85. The lowest BCUT2D eigenvalue weighted by Crippen LogP contribution is -2.21. The Kier molecular flexibility index (Phi) is 7.05. The summed E-state index contributed by atoms with van der Waals surface area (Å²) in [6.45, 7) is 0.802. The normalized spacial score (nSPS) is 10.3. The van der Waals surface area contributed by atoms with Crippen molar-refractivity contribution in [3.8, 4) is 11.5 Å². The summed E-state index contributed by atoms with van der Waals surface area (Å²) in [5, 5.41) is 2.84. The van der Waals surface area contributed by atoms with Crippen LogP contribution in [0.2, 0.25) is 0 Å². The number of nitrogens with zero attached hydrogens (tertiary/aromatic N) is 2. The fraction of sp³-hybridized carbons (Fsp3) is 0.217. The van der Waals surface area contributed by atoms with E-state index >= 15 is 0 Å². The Bertz CT molecular complexity index is 914. The van der Waals surface area contributed by atoms with E-state index in [2.05, 4.69) is 22.2 Å². The second-order valence-electron chi connectivity index (χ2n) is 6.56. The molecule has 0 aliphatic rings. The van der Waals surface area contributed by atoms with Gasteiger partial charge in [0, 0.05) is 37.4 Å². The SMILES string of the molecule is COc1ccccc1OCC(=O)Nc1ccc(N(C)CCc2ccncc2)cc1. The summed E-state index contributed by atoms with van der Waals surface area (Å²) in [6, 6.07) is 19.0. The van der Waals surface area contributed by atoms with Crippen LogP contribution in [-0.4, -0.2) is 38.2 Å². The van der Waals surface area contributed by atoms with Crippen molar-refractivity contribution in [2.45, 2.75) is 6.42 Å². The molecule has 1 heterocycles. The number of ether oxygens (including phenoxy) is 2. The summed E-state index contributed by atoms with van der Waals surface area (Å²) in [5.74, 6) is 0.908. The van der Waals surface area contributed by atoms with E-state index < -0.39 is 0 Å². The molecule has 29 heavy (non-hydrogen) atoms. The van der Waals surface area contributed by atoms with Gasteiger partial charge in [-0.1, -0.05) is 12.1 Å². The number of nitrogens with one attached hydrogen (secondary N) is 1. The standard InChI is InChI=1S/C23H25N3O3/c1-26(16-13-18-11-14-24-15-12-18)20-9-7-19(8-10-20)25-23(27)17-29-22-6-4-3-5-21(22)28-2/h3-12,14-15H,13,16-17H2,1-2H3,(H,25,27). The molecule has 0 saturated heterocycles. The molecule has 0 atom stereocenters. The van der Waals surface area contributed by atoms with Gasteiger partial charge in [-0.3, -0.25) is 9.78 Å². The lowest BCUT2D eigenvalue weighted by atomic mass is 10.2. The van der Waals surface area contributed by atoms with Crippen LogP contribution in [0.25, 0.3) is 0 Å². The molecule has 0 aliphatic carbocycles. The molecule has 1 amide bonds. The Morgan fingerprint density at radius 1 is 1.00 bits per heavy atom. The van der Waals surface area contributed by atoms with E-state index in [0.29, 0.717) is 11.5 Å². The molecule has 2 aromatic carbocycles. The van der Waals surface area contributed by atoms with E-state index in [1.807, 2.05) is 60.9 Å². The highest BCUT2D eigenvalue weighted by Gasteiger charge is 2.08. The van der Waals surface area contributed by atoms with Gasteiger partial charge in [0.25, 0.3) is 5.91 Å². The molecule has 6 heteroatoms. The number of methoxy groups -OCH3 is 1. The number of hydrogen-bond donors (Lipinski definition) is 1. The average Bonchev–Trinajstić information content (AvgIpc) is 2.77. The molecule has 150 valence electrons. The van der Waals surface area contributed by atoms with Gasteiger partial charge in [0.15, 0.2) is 18.1 Å². The van der Waals surface area contributed by atoms with E-state index in [-0.39, 0.29) is 12.5 Å². The Balaban J connectivity index is 1.48. The average molecular weight is 391 g/mol. The number of carbonyl (C=O) groups excluding carboxylic acids is 1. The van der Waals surface area contributed by atoms with E-state index in [4.69, 9.17) is 9.47 Å². The van der Waals surface area contributed by atoms with Gasteiger partial charge in [0.1, 0.15) is 0 Å². The van der Waals surface area contributed by atoms with Crippen molar-refractivity contribution < 1.29 is 14.3 Å². The highest BCUT2D eigenvalue weighted by molar-refractivity contribution is 5.92. The van der Waals surface area contributed by atoms with Crippen LogP contribution in [0.1, 0.15) is 5.56 Å². The summed E-state index contributed by atoms with van der Waals surface area (Å²) in [6.07, 6.45) is 4.56. The van der Waals surface area contributed by atoms with Crippen molar-refractivity contribution in [3.05, 3.63) is 78.6 Å². The van der Waals surface area contributed by atoms with Crippen molar-refractivity contribution in [1.82, 2.24) is 4.98 Å². The van der Waals surface area contributed by atoms with Crippen molar-refractivity contribution >= 4 is 17.3 Å². The van der Waals surface area contributed by atoms with Crippen molar-refractivity contribution in [3.63, 3.8) is 0 Å². The summed E-state index contributed by atoms with van der Waals surface area (Å²) in [5.41, 5.74) is 3.07. The quantitative estimate of drug-likeness (QED) is 0.601. The third kappa shape index (κ3) is 5.97. The van der Waals surface area contributed by atoms with E-state index in [9.17, 15) is 4.79 Å². The zero-order chi connectivity index (χ0) is 20.5. The Labute approximate surface area is 171 Å². The zero-order valence-electron chi connectivity index (χ0n) is 16.7. The number of pyridine rings is 1. The summed E-state index contributed by atoms with van der Waals surface area (Å²) in [7, 11) is 3.62. The number of benzene rings is 2. The first kappa shape index (κ1) is 20.2. The molecular formula is C23H25N3O3. The van der Waals surface area contributed by atoms with Crippen LogP contribution in [0, 0.1) is 0 Å². The van der Waals surface area contributed by atoms with E-state index in [1.165, 1.54) is 5.56 Å². The number of amides is 1. The van der Waals surface area contributed by atoms with Crippen molar-refractivity contribution in [2.24, 2.45) is 0 Å². The van der Waals surface area contributed by atoms with Crippen LogP contribution in [-0.2, 0) is 11.2 Å². The van der Waals surface area contributed by atoms with Crippen LogP contribution < -0.4 is 19.7 Å². The van der Waals surface area contributed by atoms with Crippen molar-refractivity contribution in [2.75, 3.05) is 37.5 Å². The molecule has 0 bridgehead atoms. The molecule has 0 saturated carbocycles. The molecule has 0 radical (unpaired) electrons. The molecule has 0 fully saturated rings. The number of hydrogen-bond acceptors (Lipinski definition) is 5. The van der Waals surface area contributed by atoms with Gasteiger partial charge in [-0.25, -0.2) is 0 Å². The number of para-hydroxylation sites is 2. The third-order valence-electron chi connectivity index (χ3n) is 4.50. The maximum Gasteiger partial charge on any atom is 0.262 e. The lowest BCUT2D eigenvalue weighted by Gasteiger charge is -2.19. The Morgan fingerprint density at radius 2 is 1.69 bits per heavy atom. The minimum absolute atomic E-state index is 0.0893. The smallest absolute Gasteiger partial charge is 0.262 e. The van der Waals surface area contributed by atoms with Gasteiger partial charge in [-0.15, -0.1) is 0 Å². The van der Waals surface area contributed by atoms with Crippen LogP contribution in [0.3, 0.4) is 0 Å². The second kappa shape index (κ2) is 10.1. The number of likely N-dealkylation sites (N-methyl/N-ethyl adjacent to an activating group) is 1. The Morgan fingerprint density at radius 3 is 2.38 bits per heavy atom. The van der Waals surface area contributed by atoms with Gasteiger partial charge >= 0.3 is 0 Å². The maximum atomic E-state index is 12.2. The predicted octanol–water partition coefficient (Wildman–Crippen LogP) is 3.79. The van der Waals surface area contributed by atoms with Crippen LogP contribution in [0.4, 0.5) is 11.4 Å². The van der Waals surface area contributed by atoms with Gasteiger partial charge in [0.05, 0.1) is 7.11 Å². The van der Waals surface area contributed by atoms with Gasteiger partial charge in [-0.05, 0) is 60.5 Å². The largest absolute Gasteiger partial charge is 0.493 e.